The fourth-order valence-electron chi connectivity index (χ4n) is 1.19. The molecule has 4 nitrogen and oxygen atoms in total. The first-order valence-corrected chi connectivity index (χ1v) is 8.95. The molecule has 1 rings (SSSR count). The Morgan fingerprint density at radius 3 is 2.37 bits per heavy atom. The van der Waals surface area contributed by atoms with Crippen LogP contribution in [0, 0.1) is 0 Å². The zero-order chi connectivity index (χ0) is 14.8. The van der Waals surface area contributed by atoms with Crippen molar-refractivity contribution in [2.45, 2.75) is 18.6 Å². The van der Waals surface area contributed by atoms with Gasteiger partial charge in [0.2, 0.25) is 0 Å². The summed E-state index contributed by atoms with van der Waals surface area (Å²) in [5.74, 6) is -0.309. The second-order valence-electron chi connectivity index (χ2n) is 4.84. The third kappa shape index (κ3) is 4.29. The zero-order valence-electron chi connectivity index (χ0n) is 10.8. The van der Waals surface area contributed by atoms with Crippen LogP contribution in [0.25, 0.3) is 0 Å². The van der Waals surface area contributed by atoms with Crippen LogP contribution in [-0.4, -0.2) is 31.9 Å². The SMILES string of the molecule is CC(C)(CNC(=O)c1ccc(Br)cc1Br)S(C)(=O)=O. The first kappa shape index (κ1) is 16.7. The first-order chi connectivity index (χ1) is 8.54. The summed E-state index contributed by atoms with van der Waals surface area (Å²) in [7, 11) is -3.23. The third-order valence-electron chi connectivity index (χ3n) is 2.85. The van der Waals surface area contributed by atoms with Crippen molar-refractivity contribution in [3.8, 4) is 0 Å². The quantitative estimate of drug-likeness (QED) is 0.826. The molecule has 0 aliphatic heterocycles. The normalized spacial score (nSPS) is 12.3. The second kappa shape index (κ2) is 5.93. The fraction of sp³-hybridized carbons (Fsp3) is 0.417. The molecule has 1 aromatic rings. The summed E-state index contributed by atoms with van der Waals surface area (Å²) in [4.78, 5) is 12.0. The Morgan fingerprint density at radius 2 is 1.89 bits per heavy atom. The summed E-state index contributed by atoms with van der Waals surface area (Å²) < 4.78 is 23.6. The number of benzene rings is 1. The van der Waals surface area contributed by atoms with E-state index in [1.54, 1.807) is 32.0 Å². The molecule has 0 saturated heterocycles. The summed E-state index contributed by atoms with van der Waals surface area (Å²) in [5.41, 5.74) is 0.465. The van der Waals surface area contributed by atoms with E-state index in [0.29, 0.717) is 10.0 Å². The standard InChI is InChI=1S/C12H15Br2NO3S/c1-12(2,19(3,17)18)7-15-11(16)9-5-4-8(13)6-10(9)14/h4-6H,7H2,1-3H3,(H,15,16). The van der Waals surface area contributed by atoms with Gasteiger partial charge in [-0.1, -0.05) is 15.9 Å². The minimum absolute atomic E-state index is 0.0627. The van der Waals surface area contributed by atoms with Crippen molar-refractivity contribution in [3.05, 3.63) is 32.7 Å². The summed E-state index contributed by atoms with van der Waals surface area (Å²) in [6.07, 6.45) is 1.16. The average molecular weight is 413 g/mol. The number of hydrogen-bond donors (Lipinski definition) is 1. The Hall–Kier alpha value is -0.400. The number of rotatable bonds is 4. The lowest BCUT2D eigenvalue weighted by atomic mass is 10.2. The lowest BCUT2D eigenvalue weighted by molar-refractivity contribution is 0.0950. The van der Waals surface area contributed by atoms with E-state index in [2.05, 4.69) is 37.2 Å². The lowest BCUT2D eigenvalue weighted by Crippen LogP contribution is -2.43. The van der Waals surface area contributed by atoms with Crippen LogP contribution in [0.3, 0.4) is 0 Å². The number of sulfone groups is 1. The fourth-order valence-corrected chi connectivity index (χ4v) is 2.75. The molecule has 0 unspecified atom stereocenters. The van der Waals surface area contributed by atoms with Gasteiger partial charge in [-0.3, -0.25) is 4.79 Å². The highest BCUT2D eigenvalue weighted by molar-refractivity contribution is 9.11. The van der Waals surface area contributed by atoms with Gasteiger partial charge in [-0.25, -0.2) is 8.42 Å². The van der Waals surface area contributed by atoms with E-state index in [9.17, 15) is 13.2 Å². The highest BCUT2D eigenvalue weighted by atomic mass is 79.9. The Kier molecular flexibility index (Phi) is 5.20. The maximum absolute atomic E-state index is 12.0. The smallest absolute Gasteiger partial charge is 0.252 e. The monoisotopic (exact) mass is 411 g/mol. The maximum Gasteiger partial charge on any atom is 0.252 e. The van der Waals surface area contributed by atoms with Gasteiger partial charge in [-0.05, 0) is 48.0 Å². The molecule has 0 aliphatic carbocycles. The van der Waals surface area contributed by atoms with Gasteiger partial charge in [0, 0.05) is 21.7 Å². The van der Waals surface area contributed by atoms with Crippen LogP contribution >= 0.6 is 31.9 Å². The van der Waals surface area contributed by atoms with Crippen LogP contribution in [0.15, 0.2) is 27.1 Å². The molecule has 0 aromatic heterocycles. The van der Waals surface area contributed by atoms with Crippen molar-refractivity contribution in [2.24, 2.45) is 0 Å². The zero-order valence-corrected chi connectivity index (χ0v) is 14.8. The van der Waals surface area contributed by atoms with Gasteiger partial charge in [0.15, 0.2) is 9.84 Å². The minimum atomic E-state index is -3.23. The molecule has 1 amide bonds. The molecule has 0 radical (unpaired) electrons. The molecule has 0 bridgehead atoms. The van der Waals surface area contributed by atoms with Crippen molar-refractivity contribution in [3.63, 3.8) is 0 Å². The van der Waals surface area contributed by atoms with Crippen LogP contribution in [-0.2, 0) is 9.84 Å². The summed E-state index contributed by atoms with van der Waals surface area (Å²) in [6, 6.07) is 5.18. The predicted molar refractivity (Wildman–Crippen MR) is 83.1 cm³/mol. The van der Waals surface area contributed by atoms with E-state index in [0.717, 1.165) is 10.7 Å². The molecule has 0 saturated carbocycles. The van der Waals surface area contributed by atoms with Crippen LogP contribution in [0.4, 0.5) is 0 Å². The van der Waals surface area contributed by atoms with Crippen LogP contribution in [0.2, 0.25) is 0 Å². The molecule has 19 heavy (non-hydrogen) atoms. The summed E-state index contributed by atoms with van der Waals surface area (Å²) >= 11 is 6.60. The Labute approximate surface area is 130 Å². The van der Waals surface area contributed by atoms with Gasteiger partial charge >= 0.3 is 0 Å². The molecule has 0 heterocycles. The second-order valence-corrected chi connectivity index (χ2v) is 9.26. The lowest BCUT2D eigenvalue weighted by Gasteiger charge is -2.22. The molecule has 0 fully saturated rings. The molecular formula is C12H15Br2NO3S. The number of carbonyl (C=O) groups excluding carboxylic acids is 1. The molecule has 7 heteroatoms. The van der Waals surface area contributed by atoms with Crippen molar-refractivity contribution < 1.29 is 13.2 Å². The van der Waals surface area contributed by atoms with Gasteiger partial charge in [-0.2, -0.15) is 0 Å². The predicted octanol–water partition coefficient (Wildman–Crippen LogP) is 2.76. The van der Waals surface area contributed by atoms with E-state index in [-0.39, 0.29) is 12.5 Å². The molecule has 0 atom stereocenters. The molecule has 1 aromatic carbocycles. The number of nitrogens with one attached hydrogen (secondary N) is 1. The van der Waals surface area contributed by atoms with Crippen LogP contribution < -0.4 is 5.32 Å². The number of hydrogen-bond acceptors (Lipinski definition) is 3. The van der Waals surface area contributed by atoms with E-state index in [1.165, 1.54) is 0 Å². The molecule has 106 valence electrons. The van der Waals surface area contributed by atoms with Crippen molar-refractivity contribution in [1.29, 1.82) is 0 Å². The topological polar surface area (TPSA) is 63.2 Å². The van der Waals surface area contributed by atoms with E-state index in [4.69, 9.17) is 0 Å². The van der Waals surface area contributed by atoms with Gasteiger partial charge in [0.05, 0.1) is 10.3 Å². The van der Waals surface area contributed by atoms with Crippen molar-refractivity contribution in [1.82, 2.24) is 5.32 Å². The van der Waals surface area contributed by atoms with Gasteiger partial charge < -0.3 is 5.32 Å². The Bertz CT molecular complexity index is 597. The molecular weight excluding hydrogens is 398 g/mol. The average Bonchev–Trinajstić information content (AvgIpc) is 2.24. The highest BCUT2D eigenvalue weighted by Gasteiger charge is 2.30. The van der Waals surface area contributed by atoms with E-state index >= 15 is 0 Å². The number of halogens is 2. The molecule has 0 aliphatic rings. The van der Waals surface area contributed by atoms with Gasteiger partial charge in [0.1, 0.15) is 0 Å². The molecule has 0 spiro atoms. The van der Waals surface area contributed by atoms with Crippen LogP contribution in [0.5, 0.6) is 0 Å². The maximum atomic E-state index is 12.0. The van der Waals surface area contributed by atoms with Gasteiger partial charge in [0.25, 0.3) is 5.91 Å². The van der Waals surface area contributed by atoms with E-state index < -0.39 is 14.6 Å². The summed E-state index contributed by atoms with van der Waals surface area (Å²) in [5, 5.41) is 2.64. The number of amides is 1. The Balaban J connectivity index is 2.82. The van der Waals surface area contributed by atoms with Crippen molar-refractivity contribution >= 4 is 47.6 Å². The first-order valence-electron chi connectivity index (χ1n) is 5.47. The number of carbonyl (C=O) groups is 1. The largest absolute Gasteiger partial charge is 0.350 e. The minimum Gasteiger partial charge on any atom is -0.350 e. The Morgan fingerprint density at radius 1 is 1.32 bits per heavy atom. The van der Waals surface area contributed by atoms with E-state index in [1.807, 2.05) is 0 Å². The third-order valence-corrected chi connectivity index (χ3v) is 6.16. The molecule has 1 N–H and O–H groups in total. The summed E-state index contributed by atoms with van der Waals surface area (Å²) in [6.45, 7) is 3.23. The van der Waals surface area contributed by atoms with Crippen molar-refractivity contribution in [2.75, 3.05) is 12.8 Å². The highest BCUT2D eigenvalue weighted by Crippen LogP contribution is 2.22. The van der Waals surface area contributed by atoms with Gasteiger partial charge in [-0.15, -0.1) is 0 Å². The van der Waals surface area contributed by atoms with Crippen LogP contribution in [0.1, 0.15) is 24.2 Å².